The first-order valence-corrected chi connectivity index (χ1v) is 5.96. The van der Waals surface area contributed by atoms with Crippen LogP contribution in [0.15, 0.2) is 24.3 Å². The second kappa shape index (κ2) is 4.92. The summed E-state index contributed by atoms with van der Waals surface area (Å²) in [4.78, 5) is 15.2. The van der Waals surface area contributed by atoms with Crippen LogP contribution in [-0.4, -0.2) is 10.9 Å². The molecule has 18 heavy (non-hydrogen) atoms. The molecule has 4 nitrogen and oxygen atoms in total. The molecule has 1 heterocycles. The predicted molar refractivity (Wildman–Crippen MR) is 72.2 cm³/mol. The van der Waals surface area contributed by atoms with Crippen molar-refractivity contribution < 1.29 is 4.79 Å². The van der Waals surface area contributed by atoms with Gasteiger partial charge in [-0.2, -0.15) is 0 Å². The predicted octanol–water partition coefficient (Wildman–Crippen LogP) is 2.07. The highest BCUT2D eigenvalue weighted by molar-refractivity contribution is 6.30. The first kappa shape index (κ1) is 12.8. The largest absolute Gasteiger partial charge is 0.370 e. The Morgan fingerprint density at radius 1 is 1.44 bits per heavy atom. The van der Waals surface area contributed by atoms with Crippen LogP contribution in [0.5, 0.6) is 0 Å². The van der Waals surface area contributed by atoms with Gasteiger partial charge in [0, 0.05) is 23.4 Å². The second-order valence-corrected chi connectivity index (χ2v) is 4.70. The number of nitrogens with zero attached hydrogens (tertiary/aromatic N) is 1. The number of hydrogen-bond acceptors (Lipinski definition) is 3. The SMILES string of the molecule is Cc1ccc2nc(Cl)c(C(N)CC(N)=O)cc2c1. The summed E-state index contributed by atoms with van der Waals surface area (Å²) in [5.41, 5.74) is 13.6. The molecule has 1 unspecified atom stereocenters. The molecule has 0 saturated carbocycles. The highest BCUT2D eigenvalue weighted by Crippen LogP contribution is 2.26. The fourth-order valence-corrected chi connectivity index (χ4v) is 2.16. The van der Waals surface area contributed by atoms with Crippen LogP contribution in [0, 0.1) is 6.92 Å². The van der Waals surface area contributed by atoms with E-state index >= 15 is 0 Å². The van der Waals surface area contributed by atoms with Gasteiger partial charge in [-0.1, -0.05) is 23.2 Å². The van der Waals surface area contributed by atoms with Crippen molar-refractivity contribution >= 4 is 28.4 Å². The van der Waals surface area contributed by atoms with Crippen molar-refractivity contribution in [1.29, 1.82) is 0 Å². The number of rotatable bonds is 3. The number of nitrogens with two attached hydrogens (primary N) is 2. The molecule has 5 heteroatoms. The van der Waals surface area contributed by atoms with Crippen molar-refractivity contribution in [3.05, 3.63) is 40.5 Å². The number of benzene rings is 1. The Hall–Kier alpha value is -1.65. The van der Waals surface area contributed by atoms with Gasteiger partial charge in [0.2, 0.25) is 5.91 Å². The lowest BCUT2D eigenvalue weighted by Crippen LogP contribution is -2.21. The number of halogens is 1. The summed E-state index contributed by atoms with van der Waals surface area (Å²) in [6.07, 6.45) is 0.0543. The first-order chi connectivity index (χ1) is 8.47. The molecule has 0 aliphatic rings. The van der Waals surface area contributed by atoms with Gasteiger partial charge in [-0.15, -0.1) is 0 Å². The van der Waals surface area contributed by atoms with E-state index in [0.29, 0.717) is 10.7 Å². The number of carbonyl (C=O) groups excluding carboxylic acids is 1. The maximum atomic E-state index is 10.9. The highest BCUT2D eigenvalue weighted by atomic mass is 35.5. The molecule has 0 fully saturated rings. The topological polar surface area (TPSA) is 82.0 Å². The van der Waals surface area contributed by atoms with Gasteiger partial charge in [-0.05, 0) is 25.1 Å². The zero-order chi connectivity index (χ0) is 13.3. The molecule has 94 valence electrons. The second-order valence-electron chi connectivity index (χ2n) is 4.34. The molecule has 0 bridgehead atoms. The van der Waals surface area contributed by atoms with Gasteiger partial charge in [-0.25, -0.2) is 4.98 Å². The summed E-state index contributed by atoms with van der Waals surface area (Å²) in [5.74, 6) is -0.456. The van der Waals surface area contributed by atoms with Crippen LogP contribution in [0.3, 0.4) is 0 Å². The molecule has 2 rings (SSSR count). The minimum absolute atomic E-state index is 0.0543. The standard InChI is InChI=1S/C13H14ClN3O/c1-7-2-3-11-8(4-7)5-9(13(14)17-11)10(15)6-12(16)18/h2-5,10H,6,15H2,1H3,(H2,16,18). The Morgan fingerprint density at radius 2 is 2.17 bits per heavy atom. The van der Waals surface area contributed by atoms with E-state index in [1.807, 2.05) is 31.2 Å². The van der Waals surface area contributed by atoms with Crippen molar-refractivity contribution in [2.24, 2.45) is 11.5 Å². The third-order valence-electron chi connectivity index (χ3n) is 2.77. The Balaban J connectivity index is 2.50. The molecule has 4 N–H and O–H groups in total. The van der Waals surface area contributed by atoms with Crippen LogP contribution in [-0.2, 0) is 4.79 Å². The minimum Gasteiger partial charge on any atom is -0.370 e. The zero-order valence-corrected chi connectivity index (χ0v) is 10.7. The van der Waals surface area contributed by atoms with E-state index in [4.69, 9.17) is 23.1 Å². The quantitative estimate of drug-likeness (QED) is 0.832. The van der Waals surface area contributed by atoms with E-state index in [1.54, 1.807) is 0 Å². The fourth-order valence-electron chi connectivity index (χ4n) is 1.88. The average molecular weight is 264 g/mol. The van der Waals surface area contributed by atoms with E-state index in [1.165, 1.54) is 0 Å². The van der Waals surface area contributed by atoms with Crippen LogP contribution in [0.25, 0.3) is 10.9 Å². The lowest BCUT2D eigenvalue weighted by molar-refractivity contribution is -0.118. The van der Waals surface area contributed by atoms with Crippen LogP contribution in [0.2, 0.25) is 5.15 Å². The van der Waals surface area contributed by atoms with Crippen LogP contribution in [0.4, 0.5) is 0 Å². The zero-order valence-electron chi connectivity index (χ0n) is 9.98. The summed E-state index contributed by atoms with van der Waals surface area (Å²) in [5, 5.41) is 1.27. The van der Waals surface area contributed by atoms with E-state index in [-0.39, 0.29) is 6.42 Å². The molecule has 1 amide bonds. The van der Waals surface area contributed by atoms with E-state index in [0.717, 1.165) is 16.5 Å². The summed E-state index contributed by atoms with van der Waals surface area (Å²) in [7, 11) is 0. The van der Waals surface area contributed by atoms with Crippen LogP contribution in [0.1, 0.15) is 23.6 Å². The number of primary amides is 1. The molecular formula is C13H14ClN3O. The minimum atomic E-state index is -0.521. The summed E-state index contributed by atoms with van der Waals surface area (Å²) in [6.45, 7) is 2.00. The van der Waals surface area contributed by atoms with E-state index < -0.39 is 11.9 Å². The van der Waals surface area contributed by atoms with Gasteiger partial charge in [0.05, 0.1) is 5.52 Å². The molecule has 2 aromatic rings. The summed E-state index contributed by atoms with van der Waals surface area (Å²) in [6, 6.07) is 7.21. The van der Waals surface area contributed by atoms with Gasteiger partial charge in [0.15, 0.2) is 0 Å². The van der Waals surface area contributed by atoms with Crippen molar-refractivity contribution in [3.8, 4) is 0 Å². The number of carbonyl (C=O) groups is 1. The Labute approximate surface area is 110 Å². The lowest BCUT2D eigenvalue weighted by atomic mass is 10.0. The Kier molecular flexibility index (Phi) is 3.50. The number of pyridine rings is 1. The normalized spacial score (nSPS) is 12.6. The Morgan fingerprint density at radius 3 is 2.83 bits per heavy atom. The van der Waals surface area contributed by atoms with Crippen molar-refractivity contribution in [1.82, 2.24) is 4.98 Å². The molecule has 1 aromatic carbocycles. The maximum absolute atomic E-state index is 10.9. The van der Waals surface area contributed by atoms with Gasteiger partial charge >= 0.3 is 0 Å². The third kappa shape index (κ3) is 2.60. The van der Waals surface area contributed by atoms with Crippen molar-refractivity contribution in [2.45, 2.75) is 19.4 Å². The number of hydrogen-bond donors (Lipinski definition) is 2. The van der Waals surface area contributed by atoms with Crippen molar-refractivity contribution in [3.63, 3.8) is 0 Å². The van der Waals surface area contributed by atoms with Gasteiger partial charge in [0.25, 0.3) is 0 Å². The maximum Gasteiger partial charge on any atom is 0.219 e. The fraction of sp³-hybridized carbons (Fsp3) is 0.231. The molecule has 0 aliphatic carbocycles. The van der Waals surface area contributed by atoms with Crippen LogP contribution < -0.4 is 11.5 Å². The molecule has 0 saturated heterocycles. The summed E-state index contributed by atoms with van der Waals surface area (Å²) < 4.78 is 0. The molecule has 1 aromatic heterocycles. The molecule has 0 aliphatic heterocycles. The van der Waals surface area contributed by atoms with Gasteiger partial charge in [-0.3, -0.25) is 4.79 Å². The van der Waals surface area contributed by atoms with Gasteiger partial charge in [0.1, 0.15) is 5.15 Å². The molecule has 1 atom stereocenters. The van der Waals surface area contributed by atoms with Crippen LogP contribution >= 0.6 is 11.6 Å². The average Bonchev–Trinajstić information content (AvgIpc) is 2.27. The van der Waals surface area contributed by atoms with Crippen molar-refractivity contribution in [2.75, 3.05) is 0 Å². The number of aromatic nitrogens is 1. The number of aryl methyl sites for hydroxylation is 1. The number of fused-ring (bicyclic) bond motifs is 1. The molecular weight excluding hydrogens is 250 g/mol. The summed E-state index contributed by atoms with van der Waals surface area (Å²) >= 11 is 6.08. The highest BCUT2D eigenvalue weighted by Gasteiger charge is 2.14. The number of amides is 1. The van der Waals surface area contributed by atoms with E-state index in [9.17, 15) is 4.79 Å². The Bertz CT molecular complexity index is 612. The molecule has 0 spiro atoms. The smallest absolute Gasteiger partial charge is 0.219 e. The van der Waals surface area contributed by atoms with Gasteiger partial charge < -0.3 is 11.5 Å². The monoisotopic (exact) mass is 263 g/mol. The molecule has 0 radical (unpaired) electrons. The first-order valence-electron chi connectivity index (χ1n) is 5.58. The van der Waals surface area contributed by atoms with E-state index in [2.05, 4.69) is 4.98 Å². The third-order valence-corrected chi connectivity index (χ3v) is 3.07. The lowest BCUT2D eigenvalue weighted by Gasteiger charge is -2.12.